The Kier molecular flexibility index (Phi) is 6.58. The Morgan fingerprint density at radius 1 is 1.06 bits per heavy atom. The normalized spacial score (nSPS) is 14.7. The first-order chi connectivity index (χ1) is 15.6. The lowest BCUT2D eigenvalue weighted by molar-refractivity contribution is 0.392. The van der Waals surface area contributed by atoms with Crippen LogP contribution in [0.3, 0.4) is 0 Å². The van der Waals surface area contributed by atoms with Crippen molar-refractivity contribution >= 4 is 17.7 Å². The minimum absolute atomic E-state index is 0.209. The Hall–Kier alpha value is -3.55. The zero-order valence-electron chi connectivity index (χ0n) is 18.5. The predicted molar refractivity (Wildman–Crippen MR) is 126 cm³/mol. The number of anilines is 2. The van der Waals surface area contributed by atoms with Gasteiger partial charge in [0, 0.05) is 20.1 Å². The van der Waals surface area contributed by atoms with E-state index >= 15 is 0 Å². The zero-order chi connectivity index (χ0) is 22.5. The third-order valence-corrected chi connectivity index (χ3v) is 6.02. The van der Waals surface area contributed by atoms with Crippen LogP contribution in [0.25, 0.3) is 0 Å². The first-order valence-corrected chi connectivity index (χ1v) is 11.0. The highest BCUT2D eigenvalue weighted by molar-refractivity contribution is 5.86. The number of nitrogens with zero attached hydrogens (tertiary/aromatic N) is 4. The lowest BCUT2D eigenvalue weighted by Gasteiger charge is -2.37. The van der Waals surface area contributed by atoms with Gasteiger partial charge in [-0.05, 0) is 37.1 Å². The second-order valence-electron chi connectivity index (χ2n) is 8.18. The summed E-state index contributed by atoms with van der Waals surface area (Å²) >= 11 is 0. The van der Waals surface area contributed by atoms with Crippen molar-refractivity contribution in [3.8, 4) is 0 Å². The van der Waals surface area contributed by atoms with Crippen molar-refractivity contribution in [3.63, 3.8) is 0 Å². The van der Waals surface area contributed by atoms with Gasteiger partial charge in [-0.1, -0.05) is 37.5 Å². The first-order valence-electron chi connectivity index (χ1n) is 11.0. The molecule has 0 saturated heterocycles. The van der Waals surface area contributed by atoms with E-state index in [1.807, 2.05) is 42.5 Å². The van der Waals surface area contributed by atoms with Crippen LogP contribution < -0.4 is 21.6 Å². The van der Waals surface area contributed by atoms with Crippen molar-refractivity contribution in [1.29, 1.82) is 0 Å². The Labute approximate surface area is 186 Å². The lowest BCUT2D eigenvalue weighted by Crippen LogP contribution is -2.46. The summed E-state index contributed by atoms with van der Waals surface area (Å²) in [6, 6.07) is 13.5. The van der Waals surface area contributed by atoms with Gasteiger partial charge >= 0.3 is 5.69 Å². The maximum atomic E-state index is 13.2. The average Bonchev–Trinajstić information content (AvgIpc) is 3.34. The molecule has 1 fully saturated rings. The standard InChI is InChI=1S/C24H29N5O3/c1-27-22(29(17-20-14-9-15-32-20)19-12-7-4-8-13-19)21(23(30)28(2)24(27)31)16-25-26-18-10-5-3-6-11-18/h3,5-6,9-11,14-16,19,26H,4,7-8,12-13,17H2,1-2H3/b25-16+. The zero-order valence-corrected chi connectivity index (χ0v) is 18.5. The number of hydrogen-bond acceptors (Lipinski definition) is 6. The number of furan rings is 1. The SMILES string of the molecule is Cn1c(N(Cc2ccco2)C2CCCCC2)c(/C=N/Nc2ccccc2)c(=O)n(C)c1=O. The minimum atomic E-state index is -0.373. The Balaban J connectivity index is 1.80. The topological polar surface area (TPSA) is 84.8 Å². The molecule has 32 heavy (non-hydrogen) atoms. The van der Waals surface area contributed by atoms with E-state index in [0.717, 1.165) is 41.7 Å². The minimum Gasteiger partial charge on any atom is -0.467 e. The van der Waals surface area contributed by atoms with Gasteiger partial charge in [-0.2, -0.15) is 5.10 Å². The second-order valence-corrected chi connectivity index (χ2v) is 8.18. The number of hydrogen-bond donors (Lipinski definition) is 1. The van der Waals surface area contributed by atoms with Crippen molar-refractivity contribution in [3.05, 3.63) is 80.9 Å². The van der Waals surface area contributed by atoms with Crippen molar-refractivity contribution in [2.75, 3.05) is 10.3 Å². The molecule has 4 rings (SSSR count). The maximum Gasteiger partial charge on any atom is 0.332 e. The monoisotopic (exact) mass is 435 g/mol. The molecule has 1 aliphatic rings. The Morgan fingerprint density at radius 2 is 1.81 bits per heavy atom. The summed E-state index contributed by atoms with van der Waals surface area (Å²) in [6.45, 7) is 0.477. The molecule has 0 aliphatic heterocycles. The van der Waals surface area contributed by atoms with Crippen LogP contribution in [0.4, 0.5) is 11.5 Å². The van der Waals surface area contributed by atoms with Crippen LogP contribution in [0.5, 0.6) is 0 Å². The predicted octanol–water partition coefficient (Wildman–Crippen LogP) is 3.46. The largest absolute Gasteiger partial charge is 0.467 e. The maximum absolute atomic E-state index is 13.2. The van der Waals surface area contributed by atoms with Gasteiger partial charge in [-0.25, -0.2) is 4.79 Å². The molecule has 0 amide bonds. The highest BCUT2D eigenvalue weighted by Gasteiger charge is 2.28. The molecule has 168 valence electrons. The van der Waals surface area contributed by atoms with Crippen molar-refractivity contribution < 1.29 is 4.42 Å². The lowest BCUT2D eigenvalue weighted by atomic mass is 9.93. The van der Waals surface area contributed by atoms with Gasteiger partial charge in [-0.15, -0.1) is 0 Å². The number of hydrazone groups is 1. The summed E-state index contributed by atoms with van der Waals surface area (Å²) in [7, 11) is 3.20. The van der Waals surface area contributed by atoms with Crippen LogP contribution in [0.1, 0.15) is 43.4 Å². The van der Waals surface area contributed by atoms with Crippen LogP contribution >= 0.6 is 0 Å². The second kappa shape index (κ2) is 9.72. The smallest absolute Gasteiger partial charge is 0.332 e. The van der Waals surface area contributed by atoms with Crippen molar-refractivity contribution in [2.45, 2.75) is 44.7 Å². The third-order valence-electron chi connectivity index (χ3n) is 6.02. The van der Waals surface area contributed by atoms with E-state index in [1.54, 1.807) is 17.9 Å². The molecular weight excluding hydrogens is 406 g/mol. The van der Waals surface area contributed by atoms with E-state index in [2.05, 4.69) is 15.4 Å². The average molecular weight is 436 g/mol. The highest BCUT2D eigenvalue weighted by Crippen LogP contribution is 2.29. The Bertz CT molecular complexity index is 1170. The summed E-state index contributed by atoms with van der Waals surface area (Å²) in [6.07, 6.45) is 8.61. The van der Waals surface area contributed by atoms with Gasteiger partial charge in [0.1, 0.15) is 17.1 Å². The fourth-order valence-electron chi connectivity index (χ4n) is 4.34. The fraction of sp³-hybridized carbons (Fsp3) is 0.375. The molecule has 0 radical (unpaired) electrons. The van der Waals surface area contributed by atoms with Crippen LogP contribution in [-0.2, 0) is 20.6 Å². The molecular formula is C24H29N5O3. The van der Waals surface area contributed by atoms with Gasteiger partial charge in [0.25, 0.3) is 5.56 Å². The number of benzene rings is 1. The van der Waals surface area contributed by atoms with Gasteiger partial charge in [0.2, 0.25) is 0 Å². The summed E-state index contributed by atoms with van der Waals surface area (Å²) in [5.41, 5.74) is 3.41. The number of para-hydroxylation sites is 1. The number of nitrogens with one attached hydrogen (secondary N) is 1. The Morgan fingerprint density at radius 3 is 2.50 bits per heavy atom. The van der Waals surface area contributed by atoms with E-state index in [9.17, 15) is 9.59 Å². The molecule has 0 bridgehead atoms. The van der Waals surface area contributed by atoms with E-state index in [-0.39, 0.29) is 17.3 Å². The fourth-order valence-corrected chi connectivity index (χ4v) is 4.34. The molecule has 0 atom stereocenters. The molecule has 2 aromatic heterocycles. The highest BCUT2D eigenvalue weighted by atomic mass is 16.3. The van der Waals surface area contributed by atoms with E-state index < -0.39 is 0 Å². The molecule has 3 aromatic rings. The quantitative estimate of drug-likeness (QED) is 0.454. The van der Waals surface area contributed by atoms with E-state index in [1.165, 1.54) is 19.7 Å². The molecule has 1 N–H and O–H groups in total. The summed E-state index contributed by atoms with van der Waals surface area (Å²) < 4.78 is 8.29. The summed E-state index contributed by atoms with van der Waals surface area (Å²) in [5.74, 6) is 1.36. The first kappa shape index (κ1) is 21.7. The van der Waals surface area contributed by atoms with Crippen LogP contribution in [0, 0.1) is 0 Å². The molecule has 8 nitrogen and oxygen atoms in total. The van der Waals surface area contributed by atoms with Gasteiger partial charge in [-0.3, -0.25) is 19.4 Å². The van der Waals surface area contributed by atoms with Crippen LogP contribution in [-0.4, -0.2) is 21.4 Å². The van der Waals surface area contributed by atoms with Crippen LogP contribution in [0.15, 0.2) is 67.8 Å². The molecule has 1 aliphatic carbocycles. The van der Waals surface area contributed by atoms with E-state index in [0.29, 0.717) is 17.9 Å². The van der Waals surface area contributed by atoms with E-state index in [4.69, 9.17) is 4.42 Å². The molecule has 0 unspecified atom stereocenters. The number of aromatic nitrogens is 2. The molecule has 0 spiro atoms. The molecule has 1 aromatic carbocycles. The third kappa shape index (κ3) is 4.54. The summed E-state index contributed by atoms with van der Waals surface area (Å²) in [4.78, 5) is 28.2. The van der Waals surface area contributed by atoms with Crippen molar-refractivity contribution in [2.24, 2.45) is 19.2 Å². The van der Waals surface area contributed by atoms with Crippen molar-refractivity contribution in [1.82, 2.24) is 9.13 Å². The molecule has 2 heterocycles. The number of rotatable bonds is 7. The molecule has 1 saturated carbocycles. The van der Waals surface area contributed by atoms with Gasteiger partial charge in [0.15, 0.2) is 0 Å². The van der Waals surface area contributed by atoms with Gasteiger partial charge < -0.3 is 9.32 Å². The van der Waals surface area contributed by atoms with Gasteiger partial charge in [0.05, 0.1) is 24.7 Å². The molecule has 8 heteroatoms. The summed E-state index contributed by atoms with van der Waals surface area (Å²) in [5, 5.41) is 4.32. The van der Waals surface area contributed by atoms with Crippen LogP contribution in [0.2, 0.25) is 0 Å².